The van der Waals surface area contributed by atoms with Gasteiger partial charge < -0.3 is 15.5 Å². The molecule has 29 heavy (non-hydrogen) atoms. The number of nitrogens with zero attached hydrogens (tertiary/aromatic N) is 3. The quantitative estimate of drug-likeness (QED) is 0.591. The Kier molecular flexibility index (Phi) is 5.42. The van der Waals surface area contributed by atoms with Crippen molar-refractivity contribution in [3.63, 3.8) is 0 Å². The Morgan fingerprint density at radius 3 is 2.69 bits per heavy atom. The number of benzene rings is 1. The summed E-state index contributed by atoms with van der Waals surface area (Å²) in [5.74, 6) is 0.102. The van der Waals surface area contributed by atoms with Crippen LogP contribution in [-0.4, -0.2) is 37.5 Å². The number of fused-ring (bicyclic) bond motifs is 1. The maximum atomic E-state index is 12.5. The molecule has 3 N–H and O–H groups in total. The number of thiazole rings is 1. The number of nitrogens with one attached hydrogen (secondary N) is 1. The van der Waals surface area contributed by atoms with E-state index in [9.17, 15) is 15.0 Å². The van der Waals surface area contributed by atoms with E-state index >= 15 is 0 Å². The topological polar surface area (TPSA) is 100 Å². The number of carbonyl (C=O) groups excluding carboxylic acids is 1. The number of aliphatic hydroxyl groups excluding tert-OH is 1. The van der Waals surface area contributed by atoms with Gasteiger partial charge in [0.15, 0.2) is 5.01 Å². The molecule has 0 radical (unpaired) electrons. The number of amides is 1. The molecule has 0 unspecified atom stereocenters. The van der Waals surface area contributed by atoms with Crippen LogP contribution in [0.1, 0.15) is 60.9 Å². The maximum absolute atomic E-state index is 12.5. The van der Waals surface area contributed by atoms with Crippen molar-refractivity contribution in [2.75, 3.05) is 11.9 Å². The van der Waals surface area contributed by atoms with Gasteiger partial charge in [-0.05, 0) is 57.6 Å². The Bertz CT molecular complexity index is 999. The highest BCUT2D eigenvalue weighted by molar-refractivity contribution is 7.11. The van der Waals surface area contributed by atoms with Crippen LogP contribution in [-0.2, 0) is 5.60 Å². The lowest BCUT2D eigenvalue weighted by Gasteiger charge is -2.27. The third-order valence-corrected chi connectivity index (χ3v) is 6.42. The fraction of sp³-hybridized carbons (Fsp3) is 0.476. The summed E-state index contributed by atoms with van der Waals surface area (Å²) in [4.78, 5) is 16.6. The normalized spacial score (nSPS) is 20.1. The standard InChI is InChI=1S/C21H26N4O3S/c1-21(2,28)16-10-17-14(9-18(16)23-19(27)20-22-7-8-29-20)11-25(24-17)15-5-3-13(12-26)4-6-15/h7-11,13,15,26,28H,3-6,12H2,1-2H3,(H,23,27). The number of carbonyl (C=O) groups is 1. The number of rotatable bonds is 5. The predicted molar refractivity (Wildman–Crippen MR) is 113 cm³/mol. The van der Waals surface area contributed by atoms with E-state index in [1.807, 2.05) is 23.0 Å². The van der Waals surface area contributed by atoms with Crippen LogP contribution in [0.2, 0.25) is 0 Å². The minimum Gasteiger partial charge on any atom is -0.396 e. The summed E-state index contributed by atoms with van der Waals surface area (Å²) < 4.78 is 2.00. The molecule has 1 amide bonds. The zero-order valence-electron chi connectivity index (χ0n) is 16.6. The Morgan fingerprint density at radius 1 is 1.31 bits per heavy atom. The second kappa shape index (κ2) is 7.85. The van der Waals surface area contributed by atoms with Gasteiger partial charge in [0.05, 0.1) is 17.2 Å². The number of hydrogen-bond acceptors (Lipinski definition) is 6. The molecule has 2 aromatic heterocycles. The maximum Gasteiger partial charge on any atom is 0.284 e. The molecule has 1 aliphatic rings. The van der Waals surface area contributed by atoms with E-state index in [1.165, 1.54) is 11.3 Å². The van der Waals surface area contributed by atoms with Crippen molar-refractivity contribution in [2.24, 2.45) is 5.92 Å². The summed E-state index contributed by atoms with van der Waals surface area (Å²) in [6.07, 6.45) is 7.58. The Morgan fingerprint density at radius 2 is 2.07 bits per heavy atom. The molecule has 0 bridgehead atoms. The highest BCUT2D eigenvalue weighted by atomic mass is 32.1. The van der Waals surface area contributed by atoms with Gasteiger partial charge in [-0.1, -0.05) is 0 Å². The van der Waals surface area contributed by atoms with Crippen LogP contribution in [0.25, 0.3) is 10.9 Å². The molecule has 154 valence electrons. The average Bonchev–Trinajstić information content (AvgIpc) is 3.36. The summed E-state index contributed by atoms with van der Waals surface area (Å²) in [6.45, 7) is 3.64. The molecule has 4 rings (SSSR count). The van der Waals surface area contributed by atoms with Crippen molar-refractivity contribution in [1.82, 2.24) is 14.8 Å². The summed E-state index contributed by atoms with van der Waals surface area (Å²) >= 11 is 1.27. The first kappa shape index (κ1) is 20.0. The second-order valence-electron chi connectivity index (χ2n) is 8.27. The summed E-state index contributed by atoms with van der Waals surface area (Å²) in [5.41, 5.74) is 0.833. The number of hydrogen-bond donors (Lipinski definition) is 3. The van der Waals surface area contributed by atoms with Crippen LogP contribution >= 0.6 is 11.3 Å². The number of aliphatic hydroxyl groups is 2. The smallest absolute Gasteiger partial charge is 0.284 e. The van der Waals surface area contributed by atoms with Crippen molar-refractivity contribution in [1.29, 1.82) is 0 Å². The minimum absolute atomic E-state index is 0.255. The summed E-state index contributed by atoms with van der Waals surface area (Å²) in [7, 11) is 0. The summed E-state index contributed by atoms with van der Waals surface area (Å²) in [6, 6.07) is 4.03. The molecule has 0 spiro atoms. The van der Waals surface area contributed by atoms with Gasteiger partial charge in [0.2, 0.25) is 0 Å². The summed E-state index contributed by atoms with van der Waals surface area (Å²) in [5, 5.41) is 30.7. The lowest BCUT2D eigenvalue weighted by atomic mass is 9.87. The zero-order chi connectivity index (χ0) is 20.6. The molecule has 0 saturated heterocycles. The SMILES string of the molecule is CC(C)(O)c1cc2nn(C3CCC(CO)CC3)cc2cc1NC(=O)c1nccs1. The lowest BCUT2D eigenvalue weighted by Crippen LogP contribution is -2.21. The van der Waals surface area contributed by atoms with Gasteiger partial charge in [0, 0.05) is 41.0 Å². The van der Waals surface area contributed by atoms with Crippen molar-refractivity contribution >= 4 is 33.8 Å². The fourth-order valence-corrected chi connectivity index (χ4v) is 4.52. The van der Waals surface area contributed by atoms with E-state index in [0.29, 0.717) is 28.2 Å². The molecule has 1 saturated carbocycles. The molecule has 0 atom stereocenters. The van der Waals surface area contributed by atoms with E-state index < -0.39 is 5.60 Å². The number of aromatic nitrogens is 3. The first-order valence-corrected chi connectivity index (χ1v) is 10.8. The Hall–Kier alpha value is -2.29. The predicted octanol–water partition coefficient (Wildman–Crippen LogP) is 3.70. The zero-order valence-corrected chi connectivity index (χ0v) is 17.4. The van der Waals surface area contributed by atoms with Crippen LogP contribution in [0, 0.1) is 5.92 Å². The highest BCUT2D eigenvalue weighted by Gasteiger charge is 2.26. The van der Waals surface area contributed by atoms with E-state index in [2.05, 4.69) is 10.3 Å². The Labute approximate surface area is 173 Å². The highest BCUT2D eigenvalue weighted by Crippen LogP contribution is 2.35. The van der Waals surface area contributed by atoms with E-state index in [4.69, 9.17) is 5.10 Å². The number of anilines is 1. The van der Waals surface area contributed by atoms with E-state index in [1.54, 1.807) is 25.4 Å². The van der Waals surface area contributed by atoms with Crippen molar-refractivity contribution in [3.05, 3.63) is 40.5 Å². The van der Waals surface area contributed by atoms with Gasteiger partial charge >= 0.3 is 0 Å². The van der Waals surface area contributed by atoms with E-state index in [0.717, 1.165) is 36.6 Å². The minimum atomic E-state index is -1.14. The molecule has 0 aliphatic heterocycles. The third-order valence-electron chi connectivity index (χ3n) is 5.64. The van der Waals surface area contributed by atoms with Crippen molar-refractivity contribution < 1.29 is 15.0 Å². The van der Waals surface area contributed by atoms with Gasteiger partial charge in [0.25, 0.3) is 5.91 Å². The lowest BCUT2D eigenvalue weighted by molar-refractivity contribution is 0.0794. The molecule has 1 fully saturated rings. The van der Waals surface area contributed by atoms with Crippen LogP contribution < -0.4 is 5.32 Å². The van der Waals surface area contributed by atoms with Gasteiger partial charge in [0.1, 0.15) is 0 Å². The van der Waals surface area contributed by atoms with Crippen LogP contribution in [0.4, 0.5) is 5.69 Å². The van der Waals surface area contributed by atoms with Crippen LogP contribution in [0.15, 0.2) is 29.9 Å². The Balaban J connectivity index is 1.66. The molecule has 3 aromatic rings. The van der Waals surface area contributed by atoms with Gasteiger partial charge in [-0.3, -0.25) is 9.48 Å². The molecule has 7 nitrogen and oxygen atoms in total. The molecule has 8 heteroatoms. The first-order valence-electron chi connectivity index (χ1n) is 9.92. The van der Waals surface area contributed by atoms with Gasteiger partial charge in [-0.15, -0.1) is 11.3 Å². The van der Waals surface area contributed by atoms with Crippen molar-refractivity contribution in [2.45, 2.75) is 51.2 Å². The second-order valence-corrected chi connectivity index (χ2v) is 9.17. The van der Waals surface area contributed by atoms with E-state index in [-0.39, 0.29) is 12.5 Å². The van der Waals surface area contributed by atoms with Gasteiger partial charge in [-0.2, -0.15) is 5.10 Å². The van der Waals surface area contributed by atoms with Gasteiger partial charge in [-0.25, -0.2) is 4.98 Å². The van der Waals surface area contributed by atoms with Crippen LogP contribution in [0.5, 0.6) is 0 Å². The first-order chi connectivity index (χ1) is 13.8. The molecular weight excluding hydrogens is 388 g/mol. The molecule has 2 heterocycles. The van der Waals surface area contributed by atoms with Crippen LogP contribution in [0.3, 0.4) is 0 Å². The molecule has 1 aromatic carbocycles. The fourth-order valence-electron chi connectivity index (χ4n) is 3.99. The monoisotopic (exact) mass is 414 g/mol. The largest absolute Gasteiger partial charge is 0.396 e. The average molecular weight is 415 g/mol. The molecule has 1 aliphatic carbocycles. The molecular formula is C21H26N4O3S. The van der Waals surface area contributed by atoms with Crippen molar-refractivity contribution in [3.8, 4) is 0 Å². The third kappa shape index (κ3) is 4.19.